The molecule has 0 unspecified atom stereocenters. The molecule has 0 saturated heterocycles. The van der Waals surface area contributed by atoms with Crippen LogP contribution in [0.25, 0.3) is 11.1 Å². The molecule has 0 spiro atoms. The summed E-state index contributed by atoms with van der Waals surface area (Å²) in [6, 6.07) is 23.9. The van der Waals surface area contributed by atoms with Gasteiger partial charge in [-0.3, -0.25) is 0 Å². The van der Waals surface area contributed by atoms with Crippen LogP contribution in [0.3, 0.4) is 0 Å². The molecular formula is C20H19NO4S. The van der Waals surface area contributed by atoms with Crippen molar-refractivity contribution in [2.24, 2.45) is 5.14 Å². The highest BCUT2D eigenvalue weighted by Gasteiger charge is 2.07. The molecule has 134 valence electrons. The van der Waals surface area contributed by atoms with Gasteiger partial charge in [0, 0.05) is 0 Å². The topological polar surface area (TPSA) is 78.6 Å². The Balaban J connectivity index is 1.48. The number of nitrogens with two attached hydrogens (primary N) is 1. The van der Waals surface area contributed by atoms with Gasteiger partial charge in [-0.25, -0.2) is 13.6 Å². The highest BCUT2D eigenvalue weighted by molar-refractivity contribution is 7.89. The SMILES string of the molecule is NS(=O)(=O)c1ccc(OCCOc2ccc(-c3ccccc3)cc2)cc1. The fourth-order valence-corrected chi connectivity index (χ4v) is 2.93. The van der Waals surface area contributed by atoms with Crippen molar-refractivity contribution in [2.45, 2.75) is 4.90 Å². The molecule has 3 aromatic carbocycles. The minimum atomic E-state index is -3.68. The van der Waals surface area contributed by atoms with Gasteiger partial charge in [-0.2, -0.15) is 0 Å². The molecule has 0 aromatic heterocycles. The summed E-state index contributed by atoms with van der Waals surface area (Å²) in [5.41, 5.74) is 2.29. The Morgan fingerprint density at radius 3 is 1.62 bits per heavy atom. The normalized spacial score (nSPS) is 11.1. The van der Waals surface area contributed by atoms with E-state index in [-0.39, 0.29) is 4.90 Å². The van der Waals surface area contributed by atoms with Crippen LogP contribution in [0.15, 0.2) is 83.8 Å². The molecule has 0 amide bonds. The molecule has 0 aliphatic rings. The van der Waals surface area contributed by atoms with Crippen LogP contribution in [0.5, 0.6) is 11.5 Å². The minimum absolute atomic E-state index is 0.0552. The van der Waals surface area contributed by atoms with E-state index >= 15 is 0 Å². The van der Waals surface area contributed by atoms with Gasteiger partial charge in [-0.15, -0.1) is 0 Å². The van der Waals surface area contributed by atoms with E-state index in [1.54, 1.807) is 12.1 Å². The fourth-order valence-electron chi connectivity index (χ4n) is 2.42. The first-order valence-corrected chi connectivity index (χ1v) is 9.61. The van der Waals surface area contributed by atoms with Gasteiger partial charge < -0.3 is 9.47 Å². The average Bonchev–Trinajstić information content (AvgIpc) is 2.66. The van der Waals surface area contributed by atoms with Crippen molar-refractivity contribution in [1.82, 2.24) is 0 Å². The minimum Gasteiger partial charge on any atom is -0.490 e. The van der Waals surface area contributed by atoms with Gasteiger partial charge in [0.1, 0.15) is 24.7 Å². The zero-order valence-corrected chi connectivity index (χ0v) is 14.9. The smallest absolute Gasteiger partial charge is 0.238 e. The van der Waals surface area contributed by atoms with E-state index in [1.807, 2.05) is 42.5 Å². The van der Waals surface area contributed by atoms with E-state index in [0.717, 1.165) is 16.9 Å². The second-order valence-electron chi connectivity index (χ2n) is 5.60. The molecule has 0 radical (unpaired) electrons. The van der Waals surface area contributed by atoms with Crippen molar-refractivity contribution >= 4 is 10.0 Å². The zero-order chi connectivity index (χ0) is 18.4. The number of ether oxygens (including phenoxy) is 2. The van der Waals surface area contributed by atoms with E-state index in [2.05, 4.69) is 12.1 Å². The fraction of sp³-hybridized carbons (Fsp3) is 0.100. The Bertz CT molecular complexity index is 937. The first kappa shape index (κ1) is 18.0. The summed E-state index contributed by atoms with van der Waals surface area (Å²) in [7, 11) is -3.68. The summed E-state index contributed by atoms with van der Waals surface area (Å²) < 4.78 is 33.6. The third-order valence-electron chi connectivity index (χ3n) is 3.73. The van der Waals surface area contributed by atoms with Gasteiger partial charge in [-0.05, 0) is 47.5 Å². The number of hydrogen-bond acceptors (Lipinski definition) is 4. The van der Waals surface area contributed by atoms with Gasteiger partial charge in [0.25, 0.3) is 0 Å². The molecule has 0 saturated carbocycles. The predicted octanol–water partition coefficient (Wildman–Crippen LogP) is 3.46. The number of rotatable bonds is 7. The van der Waals surface area contributed by atoms with E-state index in [9.17, 15) is 8.42 Å². The van der Waals surface area contributed by atoms with Gasteiger partial charge in [0.15, 0.2) is 0 Å². The Kier molecular flexibility index (Phi) is 5.55. The number of sulfonamides is 1. The first-order chi connectivity index (χ1) is 12.5. The molecule has 0 atom stereocenters. The molecule has 0 fully saturated rings. The van der Waals surface area contributed by atoms with Crippen molar-refractivity contribution in [3.8, 4) is 22.6 Å². The van der Waals surface area contributed by atoms with Crippen LogP contribution in [0.4, 0.5) is 0 Å². The third-order valence-corrected chi connectivity index (χ3v) is 4.66. The Morgan fingerprint density at radius 2 is 1.12 bits per heavy atom. The molecule has 3 aromatic rings. The van der Waals surface area contributed by atoms with Crippen molar-refractivity contribution in [1.29, 1.82) is 0 Å². The predicted molar refractivity (Wildman–Crippen MR) is 101 cm³/mol. The lowest BCUT2D eigenvalue weighted by molar-refractivity contribution is 0.217. The Hall–Kier alpha value is -2.83. The number of hydrogen-bond donors (Lipinski definition) is 1. The molecule has 26 heavy (non-hydrogen) atoms. The number of primary sulfonamides is 1. The van der Waals surface area contributed by atoms with E-state index in [4.69, 9.17) is 14.6 Å². The molecule has 5 nitrogen and oxygen atoms in total. The molecule has 0 heterocycles. The highest BCUT2D eigenvalue weighted by atomic mass is 32.2. The van der Waals surface area contributed by atoms with Crippen LogP contribution < -0.4 is 14.6 Å². The van der Waals surface area contributed by atoms with Crippen LogP contribution in [-0.2, 0) is 10.0 Å². The maximum Gasteiger partial charge on any atom is 0.238 e. The monoisotopic (exact) mass is 369 g/mol. The van der Waals surface area contributed by atoms with Crippen molar-refractivity contribution in [2.75, 3.05) is 13.2 Å². The molecule has 3 rings (SSSR count). The van der Waals surface area contributed by atoms with Crippen molar-refractivity contribution in [3.63, 3.8) is 0 Å². The summed E-state index contributed by atoms with van der Waals surface area (Å²) in [5.74, 6) is 1.32. The van der Waals surface area contributed by atoms with Gasteiger partial charge in [-0.1, -0.05) is 42.5 Å². The summed E-state index contributed by atoms with van der Waals surface area (Å²) in [6.07, 6.45) is 0. The van der Waals surface area contributed by atoms with Crippen molar-refractivity contribution in [3.05, 3.63) is 78.9 Å². The zero-order valence-electron chi connectivity index (χ0n) is 14.0. The summed E-state index contributed by atoms with van der Waals surface area (Å²) >= 11 is 0. The van der Waals surface area contributed by atoms with Gasteiger partial charge in [0.2, 0.25) is 10.0 Å². The van der Waals surface area contributed by atoms with E-state index in [0.29, 0.717) is 19.0 Å². The highest BCUT2D eigenvalue weighted by Crippen LogP contribution is 2.22. The lowest BCUT2D eigenvalue weighted by Gasteiger charge is -2.09. The molecule has 0 aliphatic heterocycles. The van der Waals surface area contributed by atoms with Gasteiger partial charge >= 0.3 is 0 Å². The largest absolute Gasteiger partial charge is 0.490 e. The molecule has 0 aliphatic carbocycles. The molecular weight excluding hydrogens is 350 g/mol. The molecule has 6 heteroatoms. The first-order valence-electron chi connectivity index (χ1n) is 8.06. The van der Waals surface area contributed by atoms with Crippen LogP contribution in [-0.4, -0.2) is 21.6 Å². The van der Waals surface area contributed by atoms with Crippen LogP contribution >= 0.6 is 0 Å². The lowest BCUT2D eigenvalue weighted by Crippen LogP contribution is -2.12. The maximum atomic E-state index is 11.2. The second kappa shape index (κ2) is 8.03. The van der Waals surface area contributed by atoms with Crippen molar-refractivity contribution < 1.29 is 17.9 Å². The standard InChI is InChI=1S/C20H19NO4S/c21-26(22,23)20-12-10-19(11-13-20)25-15-14-24-18-8-6-17(7-9-18)16-4-2-1-3-5-16/h1-13H,14-15H2,(H2,21,22,23). The van der Waals surface area contributed by atoms with E-state index in [1.165, 1.54) is 12.1 Å². The van der Waals surface area contributed by atoms with Gasteiger partial charge in [0.05, 0.1) is 4.90 Å². The molecule has 2 N–H and O–H groups in total. The average molecular weight is 369 g/mol. The lowest BCUT2D eigenvalue weighted by atomic mass is 10.1. The quantitative estimate of drug-likeness (QED) is 0.647. The number of benzene rings is 3. The van der Waals surface area contributed by atoms with E-state index < -0.39 is 10.0 Å². The summed E-state index contributed by atoms with van der Waals surface area (Å²) in [6.45, 7) is 0.719. The summed E-state index contributed by atoms with van der Waals surface area (Å²) in [5, 5.41) is 5.05. The van der Waals surface area contributed by atoms with Crippen LogP contribution in [0.2, 0.25) is 0 Å². The Labute approximate surface area is 153 Å². The Morgan fingerprint density at radius 1 is 0.654 bits per heavy atom. The van der Waals surface area contributed by atoms with Crippen LogP contribution in [0, 0.1) is 0 Å². The third kappa shape index (κ3) is 4.84. The summed E-state index contributed by atoms with van der Waals surface area (Å²) in [4.78, 5) is 0.0552. The second-order valence-corrected chi connectivity index (χ2v) is 7.17. The maximum absolute atomic E-state index is 11.2. The van der Waals surface area contributed by atoms with Crippen LogP contribution in [0.1, 0.15) is 0 Å². The molecule has 0 bridgehead atoms.